The third-order valence-electron chi connectivity index (χ3n) is 6.18. The van der Waals surface area contributed by atoms with Gasteiger partial charge in [0, 0.05) is 50.4 Å². The Morgan fingerprint density at radius 3 is 2.53 bits per heavy atom. The number of hydrogen-bond donors (Lipinski definition) is 1. The second-order valence-corrected chi connectivity index (χ2v) is 8.20. The van der Waals surface area contributed by atoms with Crippen LogP contribution in [-0.4, -0.2) is 35.0 Å². The molecule has 1 amide bonds. The number of amides is 1. The van der Waals surface area contributed by atoms with E-state index < -0.39 is 0 Å². The molecule has 0 radical (unpaired) electrons. The molecule has 30 heavy (non-hydrogen) atoms. The number of nitrogens with one attached hydrogen (secondary N) is 1. The lowest BCUT2D eigenvalue weighted by molar-refractivity contribution is -0.120. The van der Waals surface area contributed by atoms with Gasteiger partial charge in [-0.15, -0.1) is 0 Å². The molecule has 0 unspecified atom stereocenters. The molecule has 1 aliphatic rings. The zero-order chi connectivity index (χ0) is 20.9. The average Bonchev–Trinajstić information content (AvgIpc) is 3.20. The van der Waals surface area contributed by atoms with Crippen molar-refractivity contribution in [2.24, 2.45) is 0 Å². The molecule has 2 aromatic carbocycles. The Hall–Kier alpha value is -2.66. The first-order chi connectivity index (χ1) is 14.6. The van der Waals surface area contributed by atoms with Crippen LogP contribution in [0.15, 0.2) is 54.7 Å². The van der Waals surface area contributed by atoms with Crippen LogP contribution in [0.1, 0.15) is 43.4 Å². The molecule has 5 heteroatoms. The van der Waals surface area contributed by atoms with Crippen molar-refractivity contribution < 1.29 is 9.18 Å². The van der Waals surface area contributed by atoms with Crippen LogP contribution >= 0.6 is 0 Å². The Balaban J connectivity index is 1.35. The number of halogens is 1. The SMILES string of the molecule is CCC(=O)NCc1ccc2ccn(C3CCN(CCc4ccc(F)cc4)CC3)c2c1. The van der Waals surface area contributed by atoms with E-state index in [4.69, 9.17) is 0 Å². The summed E-state index contributed by atoms with van der Waals surface area (Å²) in [4.78, 5) is 14.1. The molecule has 0 aliphatic carbocycles. The van der Waals surface area contributed by atoms with Crippen molar-refractivity contribution >= 4 is 16.8 Å². The molecule has 0 bridgehead atoms. The first-order valence-electron chi connectivity index (χ1n) is 11.0. The molecule has 0 spiro atoms. The van der Waals surface area contributed by atoms with Gasteiger partial charge in [-0.1, -0.05) is 31.2 Å². The maximum Gasteiger partial charge on any atom is 0.219 e. The topological polar surface area (TPSA) is 37.3 Å². The predicted octanol–water partition coefficient (Wildman–Crippen LogP) is 4.69. The van der Waals surface area contributed by atoms with Gasteiger partial charge in [-0.25, -0.2) is 4.39 Å². The molecule has 0 saturated carbocycles. The first kappa shape index (κ1) is 20.6. The van der Waals surface area contributed by atoms with Gasteiger partial charge in [0.2, 0.25) is 5.91 Å². The van der Waals surface area contributed by atoms with Gasteiger partial charge < -0.3 is 14.8 Å². The van der Waals surface area contributed by atoms with Crippen molar-refractivity contribution in [1.29, 1.82) is 0 Å². The van der Waals surface area contributed by atoms with Gasteiger partial charge in [0.1, 0.15) is 5.82 Å². The maximum atomic E-state index is 13.1. The van der Waals surface area contributed by atoms with Crippen LogP contribution in [0, 0.1) is 5.82 Å². The second-order valence-electron chi connectivity index (χ2n) is 8.20. The lowest BCUT2D eigenvalue weighted by Gasteiger charge is -2.33. The Morgan fingerprint density at radius 2 is 1.80 bits per heavy atom. The summed E-state index contributed by atoms with van der Waals surface area (Å²) in [6.45, 7) is 5.63. The zero-order valence-electron chi connectivity index (χ0n) is 17.6. The number of fused-ring (bicyclic) bond motifs is 1. The second kappa shape index (κ2) is 9.43. The Bertz CT molecular complexity index is 987. The summed E-state index contributed by atoms with van der Waals surface area (Å²) >= 11 is 0. The van der Waals surface area contributed by atoms with Crippen molar-refractivity contribution in [2.45, 2.75) is 45.2 Å². The number of benzene rings is 2. The molecule has 4 rings (SSSR count). The molecule has 0 atom stereocenters. The first-order valence-corrected chi connectivity index (χ1v) is 11.0. The molecule has 4 nitrogen and oxygen atoms in total. The third kappa shape index (κ3) is 4.90. The number of rotatable bonds is 7. The van der Waals surface area contributed by atoms with Crippen molar-refractivity contribution in [3.05, 3.63) is 71.7 Å². The van der Waals surface area contributed by atoms with E-state index in [0.717, 1.165) is 44.5 Å². The summed E-state index contributed by atoms with van der Waals surface area (Å²) in [6, 6.07) is 16.0. The zero-order valence-corrected chi connectivity index (χ0v) is 17.6. The Kier molecular flexibility index (Phi) is 6.48. The fourth-order valence-electron chi connectivity index (χ4n) is 4.31. The highest BCUT2D eigenvalue weighted by Crippen LogP contribution is 2.28. The third-order valence-corrected chi connectivity index (χ3v) is 6.18. The molecule has 1 fully saturated rings. The minimum absolute atomic E-state index is 0.0819. The van der Waals surface area contributed by atoms with Gasteiger partial charge in [-0.2, -0.15) is 0 Å². The van der Waals surface area contributed by atoms with Gasteiger partial charge in [0.05, 0.1) is 0 Å². The number of likely N-dealkylation sites (tertiary alicyclic amines) is 1. The van der Waals surface area contributed by atoms with Crippen LogP contribution in [0.5, 0.6) is 0 Å². The standard InChI is InChI=1S/C25H30FN3O/c1-2-25(30)27-18-20-3-6-21-10-16-29(24(21)17-20)23-11-14-28(15-12-23)13-9-19-4-7-22(26)8-5-19/h3-8,10,16-17,23H,2,9,11-15,18H2,1H3,(H,27,30). The van der Waals surface area contributed by atoms with Crippen molar-refractivity contribution in [2.75, 3.05) is 19.6 Å². The Morgan fingerprint density at radius 1 is 1.07 bits per heavy atom. The summed E-state index contributed by atoms with van der Waals surface area (Å²) in [6.07, 6.45) is 5.94. The van der Waals surface area contributed by atoms with Gasteiger partial charge in [-0.3, -0.25) is 4.79 Å². The summed E-state index contributed by atoms with van der Waals surface area (Å²) in [5.41, 5.74) is 3.58. The molecule has 1 saturated heterocycles. The van der Waals surface area contributed by atoms with E-state index in [1.807, 2.05) is 19.1 Å². The lowest BCUT2D eigenvalue weighted by atomic mass is 10.0. The predicted molar refractivity (Wildman–Crippen MR) is 119 cm³/mol. The average molecular weight is 408 g/mol. The minimum Gasteiger partial charge on any atom is -0.352 e. The van der Waals surface area contributed by atoms with Gasteiger partial charge in [-0.05, 0) is 60.0 Å². The molecule has 1 aliphatic heterocycles. The number of carbonyl (C=O) groups excluding carboxylic acids is 1. The molecule has 158 valence electrons. The summed E-state index contributed by atoms with van der Waals surface area (Å²) in [7, 11) is 0. The molecule has 1 N–H and O–H groups in total. The largest absolute Gasteiger partial charge is 0.352 e. The van der Waals surface area contributed by atoms with Crippen LogP contribution in [0.3, 0.4) is 0 Å². The van der Waals surface area contributed by atoms with Gasteiger partial charge in [0.15, 0.2) is 0 Å². The number of carbonyl (C=O) groups is 1. The van der Waals surface area contributed by atoms with E-state index in [0.29, 0.717) is 19.0 Å². The van der Waals surface area contributed by atoms with Crippen molar-refractivity contribution in [1.82, 2.24) is 14.8 Å². The van der Waals surface area contributed by atoms with Crippen LogP contribution in [-0.2, 0) is 17.8 Å². The van der Waals surface area contributed by atoms with Crippen LogP contribution in [0.4, 0.5) is 4.39 Å². The Labute approximate surface area is 177 Å². The lowest BCUT2D eigenvalue weighted by Crippen LogP contribution is -2.35. The maximum absolute atomic E-state index is 13.1. The summed E-state index contributed by atoms with van der Waals surface area (Å²) in [5.74, 6) is -0.0899. The van der Waals surface area contributed by atoms with E-state index >= 15 is 0 Å². The van der Waals surface area contributed by atoms with E-state index in [2.05, 4.69) is 45.2 Å². The van der Waals surface area contributed by atoms with Crippen molar-refractivity contribution in [3.8, 4) is 0 Å². The monoisotopic (exact) mass is 407 g/mol. The van der Waals surface area contributed by atoms with Crippen LogP contribution in [0.2, 0.25) is 0 Å². The number of hydrogen-bond acceptors (Lipinski definition) is 2. The molecular weight excluding hydrogens is 377 g/mol. The van der Waals surface area contributed by atoms with Gasteiger partial charge in [0.25, 0.3) is 0 Å². The van der Waals surface area contributed by atoms with Gasteiger partial charge >= 0.3 is 0 Å². The van der Waals surface area contributed by atoms with E-state index in [1.54, 1.807) is 12.1 Å². The fraction of sp³-hybridized carbons (Fsp3) is 0.400. The summed E-state index contributed by atoms with van der Waals surface area (Å²) in [5, 5.41) is 4.21. The quantitative estimate of drug-likeness (QED) is 0.617. The molecule has 2 heterocycles. The highest BCUT2D eigenvalue weighted by Gasteiger charge is 2.21. The molecular formula is C25H30FN3O. The highest BCUT2D eigenvalue weighted by atomic mass is 19.1. The van der Waals surface area contributed by atoms with Crippen LogP contribution in [0.25, 0.3) is 10.9 Å². The van der Waals surface area contributed by atoms with Crippen LogP contribution < -0.4 is 5.32 Å². The minimum atomic E-state index is -0.172. The number of aromatic nitrogens is 1. The van der Waals surface area contributed by atoms with Crippen molar-refractivity contribution in [3.63, 3.8) is 0 Å². The van der Waals surface area contributed by atoms with E-state index in [9.17, 15) is 9.18 Å². The number of nitrogens with zero attached hydrogens (tertiary/aromatic N) is 2. The fourth-order valence-corrected chi connectivity index (χ4v) is 4.31. The highest BCUT2D eigenvalue weighted by molar-refractivity contribution is 5.81. The molecule has 3 aromatic rings. The van der Waals surface area contributed by atoms with E-state index in [-0.39, 0.29) is 11.7 Å². The number of piperidine rings is 1. The summed E-state index contributed by atoms with van der Waals surface area (Å²) < 4.78 is 15.5. The molecule has 1 aromatic heterocycles. The normalized spacial score (nSPS) is 15.5. The smallest absolute Gasteiger partial charge is 0.219 e. The van der Waals surface area contributed by atoms with E-state index in [1.165, 1.54) is 16.5 Å².